The van der Waals surface area contributed by atoms with E-state index in [0.717, 1.165) is 29.6 Å². The smallest absolute Gasteiger partial charge is 0.123 e. The van der Waals surface area contributed by atoms with Gasteiger partial charge in [0.25, 0.3) is 0 Å². The molecule has 4 heteroatoms. The van der Waals surface area contributed by atoms with Crippen LogP contribution in [0.25, 0.3) is 0 Å². The average molecular weight is 210 g/mol. The third kappa shape index (κ3) is 2.48. The molecule has 0 bridgehead atoms. The molecule has 74 valence electrons. The summed E-state index contributed by atoms with van der Waals surface area (Å²) in [5, 5.41) is 3.19. The highest BCUT2D eigenvalue weighted by atomic mass is 32.2. The Morgan fingerprint density at radius 1 is 1.36 bits per heavy atom. The van der Waals surface area contributed by atoms with Crippen LogP contribution in [0, 0.1) is 5.82 Å². The molecule has 1 aliphatic heterocycles. The van der Waals surface area contributed by atoms with Crippen LogP contribution in [-0.4, -0.2) is 24.7 Å². The van der Waals surface area contributed by atoms with Crippen LogP contribution in [0.15, 0.2) is 34.2 Å². The number of nitrogens with zero attached hydrogens (tertiary/aromatic N) is 1. The summed E-state index contributed by atoms with van der Waals surface area (Å²) >= 11 is 1.67. The standard InChI is InChI=1S/C10H11FN2S/c11-8-1-3-9(4-2-8)14-7-10-12-5-6-13-10/h1-4H,5-7H2,(H,12,13). The predicted molar refractivity (Wildman–Crippen MR) is 57.4 cm³/mol. The summed E-state index contributed by atoms with van der Waals surface area (Å²) in [5.74, 6) is 1.69. The van der Waals surface area contributed by atoms with Gasteiger partial charge in [-0.3, -0.25) is 4.99 Å². The van der Waals surface area contributed by atoms with E-state index in [1.807, 2.05) is 0 Å². The van der Waals surface area contributed by atoms with Crippen molar-refractivity contribution in [1.82, 2.24) is 5.32 Å². The van der Waals surface area contributed by atoms with Crippen LogP contribution in [0.3, 0.4) is 0 Å². The fourth-order valence-corrected chi connectivity index (χ4v) is 2.05. The second kappa shape index (κ2) is 4.46. The second-order valence-electron chi connectivity index (χ2n) is 3.00. The molecule has 0 fully saturated rings. The van der Waals surface area contributed by atoms with E-state index in [2.05, 4.69) is 10.3 Å². The lowest BCUT2D eigenvalue weighted by atomic mass is 10.4. The van der Waals surface area contributed by atoms with Crippen LogP contribution in [0.4, 0.5) is 4.39 Å². The molecule has 1 heterocycles. The Kier molecular flexibility index (Phi) is 3.03. The van der Waals surface area contributed by atoms with Gasteiger partial charge in [0.2, 0.25) is 0 Å². The number of aliphatic imine (C=N–C) groups is 1. The van der Waals surface area contributed by atoms with Gasteiger partial charge in [-0.15, -0.1) is 11.8 Å². The Balaban J connectivity index is 1.88. The quantitative estimate of drug-likeness (QED) is 0.771. The Morgan fingerprint density at radius 2 is 2.14 bits per heavy atom. The Bertz CT molecular complexity index is 334. The summed E-state index contributed by atoms with van der Waals surface area (Å²) in [6.07, 6.45) is 0. The molecular formula is C10H11FN2S. The summed E-state index contributed by atoms with van der Waals surface area (Å²) in [5.41, 5.74) is 0. The number of benzene rings is 1. The molecule has 1 aliphatic rings. The number of hydrogen-bond acceptors (Lipinski definition) is 3. The SMILES string of the molecule is Fc1ccc(SCC2=NCCN2)cc1. The Labute approximate surface area is 86.6 Å². The molecule has 0 saturated carbocycles. The molecule has 0 unspecified atom stereocenters. The number of amidine groups is 1. The number of rotatable bonds is 3. The third-order valence-electron chi connectivity index (χ3n) is 1.93. The molecule has 0 amide bonds. The highest BCUT2D eigenvalue weighted by Crippen LogP contribution is 2.18. The molecule has 0 saturated heterocycles. The first kappa shape index (κ1) is 9.52. The molecule has 2 rings (SSSR count). The van der Waals surface area contributed by atoms with E-state index < -0.39 is 0 Å². The van der Waals surface area contributed by atoms with Crippen molar-refractivity contribution in [3.05, 3.63) is 30.1 Å². The maximum absolute atomic E-state index is 12.6. The molecule has 1 N–H and O–H groups in total. The molecule has 0 aromatic heterocycles. The van der Waals surface area contributed by atoms with Crippen LogP contribution in [0.1, 0.15) is 0 Å². The van der Waals surface area contributed by atoms with Crippen molar-refractivity contribution in [2.45, 2.75) is 4.90 Å². The lowest BCUT2D eigenvalue weighted by Crippen LogP contribution is -2.20. The summed E-state index contributed by atoms with van der Waals surface area (Å²) in [4.78, 5) is 5.35. The molecule has 0 aliphatic carbocycles. The highest BCUT2D eigenvalue weighted by Gasteiger charge is 2.04. The third-order valence-corrected chi connectivity index (χ3v) is 2.96. The number of halogens is 1. The summed E-state index contributed by atoms with van der Waals surface area (Å²) in [6.45, 7) is 1.82. The highest BCUT2D eigenvalue weighted by molar-refractivity contribution is 8.00. The van der Waals surface area contributed by atoms with Gasteiger partial charge in [-0.25, -0.2) is 4.39 Å². The lowest BCUT2D eigenvalue weighted by Gasteiger charge is -2.01. The summed E-state index contributed by atoms with van der Waals surface area (Å²) in [6, 6.07) is 6.53. The van der Waals surface area contributed by atoms with Gasteiger partial charge in [0.15, 0.2) is 0 Å². The van der Waals surface area contributed by atoms with Gasteiger partial charge in [-0.1, -0.05) is 0 Å². The minimum Gasteiger partial charge on any atom is -0.371 e. The van der Waals surface area contributed by atoms with E-state index >= 15 is 0 Å². The first-order chi connectivity index (χ1) is 6.84. The fourth-order valence-electron chi connectivity index (χ4n) is 1.23. The summed E-state index contributed by atoms with van der Waals surface area (Å²) in [7, 11) is 0. The molecule has 1 aromatic rings. The van der Waals surface area contributed by atoms with Crippen molar-refractivity contribution in [2.24, 2.45) is 4.99 Å². The van der Waals surface area contributed by atoms with Gasteiger partial charge >= 0.3 is 0 Å². The number of thioether (sulfide) groups is 1. The van der Waals surface area contributed by atoms with E-state index in [1.54, 1.807) is 23.9 Å². The zero-order valence-electron chi connectivity index (χ0n) is 7.66. The van der Waals surface area contributed by atoms with Gasteiger partial charge in [0, 0.05) is 11.4 Å². The topological polar surface area (TPSA) is 24.4 Å². The predicted octanol–water partition coefficient (Wildman–Crippen LogP) is 1.92. The van der Waals surface area contributed by atoms with Gasteiger partial charge in [0.1, 0.15) is 11.7 Å². The minimum absolute atomic E-state index is 0.189. The van der Waals surface area contributed by atoms with E-state index in [9.17, 15) is 4.39 Å². The first-order valence-electron chi connectivity index (χ1n) is 4.50. The molecule has 2 nitrogen and oxygen atoms in total. The van der Waals surface area contributed by atoms with Crippen molar-refractivity contribution in [2.75, 3.05) is 18.8 Å². The Hall–Kier alpha value is -1.03. The van der Waals surface area contributed by atoms with Crippen LogP contribution in [0.5, 0.6) is 0 Å². The van der Waals surface area contributed by atoms with Crippen LogP contribution < -0.4 is 5.32 Å². The second-order valence-corrected chi connectivity index (χ2v) is 4.05. The van der Waals surface area contributed by atoms with Crippen molar-refractivity contribution in [1.29, 1.82) is 0 Å². The zero-order valence-corrected chi connectivity index (χ0v) is 8.48. The van der Waals surface area contributed by atoms with Gasteiger partial charge in [0.05, 0.1) is 12.3 Å². The van der Waals surface area contributed by atoms with Crippen molar-refractivity contribution in [3.8, 4) is 0 Å². The fraction of sp³-hybridized carbons (Fsp3) is 0.300. The van der Waals surface area contributed by atoms with E-state index in [1.165, 1.54) is 12.1 Å². The normalized spacial score (nSPS) is 15.1. The van der Waals surface area contributed by atoms with Crippen molar-refractivity contribution >= 4 is 17.6 Å². The molecule has 14 heavy (non-hydrogen) atoms. The van der Waals surface area contributed by atoms with Crippen LogP contribution in [0.2, 0.25) is 0 Å². The first-order valence-corrected chi connectivity index (χ1v) is 5.49. The summed E-state index contributed by atoms with van der Waals surface area (Å²) < 4.78 is 12.6. The van der Waals surface area contributed by atoms with Gasteiger partial charge < -0.3 is 5.32 Å². The van der Waals surface area contributed by atoms with Crippen LogP contribution >= 0.6 is 11.8 Å². The molecule has 0 atom stereocenters. The largest absolute Gasteiger partial charge is 0.371 e. The monoisotopic (exact) mass is 210 g/mol. The maximum atomic E-state index is 12.6. The maximum Gasteiger partial charge on any atom is 0.123 e. The lowest BCUT2D eigenvalue weighted by molar-refractivity contribution is 0.626. The Morgan fingerprint density at radius 3 is 2.79 bits per heavy atom. The van der Waals surface area contributed by atoms with Crippen molar-refractivity contribution < 1.29 is 4.39 Å². The minimum atomic E-state index is -0.189. The van der Waals surface area contributed by atoms with Gasteiger partial charge in [-0.05, 0) is 24.3 Å². The van der Waals surface area contributed by atoms with Gasteiger partial charge in [-0.2, -0.15) is 0 Å². The van der Waals surface area contributed by atoms with E-state index in [-0.39, 0.29) is 5.82 Å². The van der Waals surface area contributed by atoms with Crippen LogP contribution in [-0.2, 0) is 0 Å². The van der Waals surface area contributed by atoms with E-state index in [4.69, 9.17) is 0 Å². The molecule has 0 spiro atoms. The molecular weight excluding hydrogens is 199 g/mol. The average Bonchev–Trinajstić information content (AvgIpc) is 2.70. The van der Waals surface area contributed by atoms with Crippen molar-refractivity contribution in [3.63, 3.8) is 0 Å². The molecule has 0 radical (unpaired) electrons. The molecule has 1 aromatic carbocycles. The number of hydrogen-bond donors (Lipinski definition) is 1. The zero-order chi connectivity index (χ0) is 9.80. The van der Waals surface area contributed by atoms with E-state index in [0.29, 0.717) is 0 Å². The number of nitrogens with one attached hydrogen (secondary N) is 1.